The molecule has 0 atom stereocenters. The van der Waals surface area contributed by atoms with E-state index < -0.39 is 0 Å². The van der Waals surface area contributed by atoms with E-state index in [9.17, 15) is 4.79 Å². The molecule has 5 nitrogen and oxygen atoms in total. The number of hydrogen-bond donors (Lipinski definition) is 0. The molecule has 0 aliphatic rings. The van der Waals surface area contributed by atoms with Crippen LogP contribution in [0.4, 0.5) is 0 Å². The van der Waals surface area contributed by atoms with Crippen molar-refractivity contribution in [2.24, 2.45) is 0 Å². The first kappa shape index (κ1) is 22.7. The van der Waals surface area contributed by atoms with Crippen LogP contribution in [-0.4, -0.2) is 34.2 Å². The maximum absolute atomic E-state index is 12.7. The van der Waals surface area contributed by atoms with Gasteiger partial charge in [-0.2, -0.15) is 0 Å². The second kappa shape index (κ2) is 10.9. The molecule has 164 valence electrons. The minimum Gasteiger partial charge on any atom is -0.497 e. The lowest BCUT2D eigenvalue weighted by atomic mass is 10.0. The number of benzene rings is 3. The SMILES string of the molecule is COc1ccc(/C=C/c2cc(OC)cc(OC)c2/C=C/C(=O)c2ccc(OC)cc2)cc1. The van der Waals surface area contributed by atoms with Crippen molar-refractivity contribution in [3.8, 4) is 23.0 Å². The molecule has 0 amide bonds. The predicted octanol–water partition coefficient (Wildman–Crippen LogP) is 5.79. The van der Waals surface area contributed by atoms with Gasteiger partial charge in [-0.25, -0.2) is 0 Å². The Morgan fingerprint density at radius 2 is 1.25 bits per heavy atom. The van der Waals surface area contributed by atoms with Gasteiger partial charge in [0.25, 0.3) is 0 Å². The van der Waals surface area contributed by atoms with Crippen LogP contribution >= 0.6 is 0 Å². The highest BCUT2D eigenvalue weighted by Gasteiger charge is 2.10. The van der Waals surface area contributed by atoms with E-state index in [1.165, 1.54) is 6.08 Å². The zero-order chi connectivity index (χ0) is 22.9. The molecule has 0 spiro atoms. The second-order valence-corrected chi connectivity index (χ2v) is 6.87. The van der Waals surface area contributed by atoms with Crippen molar-refractivity contribution in [2.45, 2.75) is 0 Å². The Labute approximate surface area is 188 Å². The van der Waals surface area contributed by atoms with Gasteiger partial charge in [-0.3, -0.25) is 4.79 Å². The molecular formula is C27H26O5. The number of methoxy groups -OCH3 is 4. The van der Waals surface area contributed by atoms with Crippen LogP contribution in [0.5, 0.6) is 23.0 Å². The molecule has 0 bridgehead atoms. The second-order valence-electron chi connectivity index (χ2n) is 6.87. The standard InChI is InChI=1S/C27H26O5/c1-29-22-11-6-19(7-12-22)5-8-21-17-24(31-3)18-27(32-4)25(21)15-16-26(28)20-9-13-23(30-2)14-10-20/h5-18H,1-4H3/b8-5+,16-15+. The first-order valence-electron chi connectivity index (χ1n) is 10.0. The molecule has 3 aromatic carbocycles. The summed E-state index contributed by atoms with van der Waals surface area (Å²) in [6.45, 7) is 0. The Kier molecular flexibility index (Phi) is 7.70. The van der Waals surface area contributed by atoms with Gasteiger partial charge < -0.3 is 18.9 Å². The molecule has 0 aliphatic heterocycles. The Hall–Kier alpha value is -3.99. The van der Waals surface area contributed by atoms with Gasteiger partial charge in [0.15, 0.2) is 5.78 Å². The van der Waals surface area contributed by atoms with E-state index in [1.807, 2.05) is 42.5 Å². The molecule has 3 rings (SSSR count). The van der Waals surface area contributed by atoms with Crippen LogP contribution in [0.3, 0.4) is 0 Å². The maximum atomic E-state index is 12.7. The molecule has 0 N–H and O–H groups in total. The van der Waals surface area contributed by atoms with Gasteiger partial charge in [-0.15, -0.1) is 0 Å². The van der Waals surface area contributed by atoms with Gasteiger partial charge in [0, 0.05) is 17.2 Å². The normalized spacial score (nSPS) is 11.0. The fourth-order valence-electron chi connectivity index (χ4n) is 3.14. The smallest absolute Gasteiger partial charge is 0.185 e. The third-order valence-corrected chi connectivity index (χ3v) is 4.95. The summed E-state index contributed by atoms with van der Waals surface area (Å²) in [7, 11) is 6.43. The predicted molar refractivity (Wildman–Crippen MR) is 128 cm³/mol. The van der Waals surface area contributed by atoms with Crippen molar-refractivity contribution < 1.29 is 23.7 Å². The zero-order valence-electron chi connectivity index (χ0n) is 18.6. The Morgan fingerprint density at radius 3 is 1.81 bits per heavy atom. The number of rotatable bonds is 9. The lowest BCUT2D eigenvalue weighted by Crippen LogP contribution is -1.96. The van der Waals surface area contributed by atoms with Crippen LogP contribution in [0.1, 0.15) is 27.0 Å². The highest BCUT2D eigenvalue weighted by Crippen LogP contribution is 2.31. The molecule has 0 radical (unpaired) electrons. The fraction of sp³-hybridized carbons (Fsp3) is 0.148. The van der Waals surface area contributed by atoms with Crippen molar-refractivity contribution in [1.29, 1.82) is 0 Å². The zero-order valence-corrected chi connectivity index (χ0v) is 18.6. The molecule has 0 heterocycles. The summed E-state index contributed by atoms with van der Waals surface area (Å²) in [5.41, 5.74) is 3.22. The Bertz CT molecular complexity index is 1110. The van der Waals surface area contributed by atoms with Crippen molar-refractivity contribution >= 4 is 24.0 Å². The average molecular weight is 431 g/mol. The highest BCUT2D eigenvalue weighted by molar-refractivity contribution is 6.07. The third kappa shape index (κ3) is 5.58. The Balaban J connectivity index is 1.94. The van der Waals surface area contributed by atoms with Crippen LogP contribution in [0.15, 0.2) is 66.7 Å². The molecule has 5 heteroatoms. The number of ether oxygens (including phenoxy) is 4. The van der Waals surface area contributed by atoms with Crippen molar-refractivity contribution in [2.75, 3.05) is 28.4 Å². The maximum Gasteiger partial charge on any atom is 0.185 e. The van der Waals surface area contributed by atoms with Crippen LogP contribution in [0, 0.1) is 0 Å². The van der Waals surface area contributed by atoms with E-state index in [1.54, 1.807) is 64.8 Å². The summed E-state index contributed by atoms with van der Waals surface area (Å²) in [5, 5.41) is 0. The van der Waals surface area contributed by atoms with Crippen LogP contribution in [-0.2, 0) is 0 Å². The van der Waals surface area contributed by atoms with Gasteiger partial charge >= 0.3 is 0 Å². The number of hydrogen-bond acceptors (Lipinski definition) is 5. The van der Waals surface area contributed by atoms with E-state index in [2.05, 4.69) is 0 Å². The summed E-state index contributed by atoms with van der Waals surface area (Å²) >= 11 is 0. The minimum absolute atomic E-state index is 0.115. The quantitative estimate of drug-likeness (QED) is 0.244. The van der Waals surface area contributed by atoms with Gasteiger partial charge in [0.05, 0.1) is 28.4 Å². The van der Waals surface area contributed by atoms with E-state index in [0.29, 0.717) is 22.8 Å². The first-order chi connectivity index (χ1) is 15.6. The fourth-order valence-corrected chi connectivity index (χ4v) is 3.14. The molecule has 32 heavy (non-hydrogen) atoms. The van der Waals surface area contributed by atoms with Gasteiger partial charge in [0.1, 0.15) is 23.0 Å². The lowest BCUT2D eigenvalue weighted by molar-refractivity contribution is 0.104. The number of carbonyl (C=O) groups excluding carboxylic acids is 1. The topological polar surface area (TPSA) is 54.0 Å². The van der Waals surface area contributed by atoms with Crippen LogP contribution < -0.4 is 18.9 Å². The van der Waals surface area contributed by atoms with Crippen molar-refractivity contribution in [1.82, 2.24) is 0 Å². The highest BCUT2D eigenvalue weighted by atomic mass is 16.5. The van der Waals surface area contributed by atoms with Crippen LogP contribution in [0.25, 0.3) is 18.2 Å². The number of allylic oxidation sites excluding steroid dienone is 1. The lowest BCUT2D eigenvalue weighted by Gasteiger charge is -2.11. The van der Waals surface area contributed by atoms with Crippen molar-refractivity contribution in [3.05, 3.63) is 89.0 Å². The summed E-state index contributed by atoms with van der Waals surface area (Å²) in [6, 6.07) is 18.4. The molecule has 0 fully saturated rings. The van der Waals surface area contributed by atoms with E-state index in [-0.39, 0.29) is 5.78 Å². The van der Waals surface area contributed by atoms with Gasteiger partial charge in [0.2, 0.25) is 0 Å². The van der Waals surface area contributed by atoms with E-state index in [4.69, 9.17) is 18.9 Å². The Morgan fingerprint density at radius 1 is 0.656 bits per heavy atom. The minimum atomic E-state index is -0.115. The van der Waals surface area contributed by atoms with Crippen LogP contribution in [0.2, 0.25) is 0 Å². The largest absolute Gasteiger partial charge is 0.497 e. The summed E-state index contributed by atoms with van der Waals surface area (Å²) < 4.78 is 21.3. The third-order valence-electron chi connectivity index (χ3n) is 4.95. The van der Waals surface area contributed by atoms with E-state index >= 15 is 0 Å². The molecule has 0 unspecified atom stereocenters. The first-order valence-corrected chi connectivity index (χ1v) is 10.0. The van der Waals surface area contributed by atoms with Gasteiger partial charge in [-0.05, 0) is 65.7 Å². The van der Waals surface area contributed by atoms with E-state index in [0.717, 1.165) is 22.4 Å². The number of carbonyl (C=O) groups is 1. The summed E-state index contributed by atoms with van der Waals surface area (Å²) in [5.74, 6) is 2.65. The summed E-state index contributed by atoms with van der Waals surface area (Å²) in [6.07, 6.45) is 7.25. The monoisotopic (exact) mass is 430 g/mol. The van der Waals surface area contributed by atoms with Crippen molar-refractivity contribution in [3.63, 3.8) is 0 Å². The molecule has 0 saturated carbocycles. The average Bonchev–Trinajstić information content (AvgIpc) is 2.86. The summed E-state index contributed by atoms with van der Waals surface area (Å²) in [4.78, 5) is 12.7. The molecule has 3 aromatic rings. The number of ketones is 1. The molecule has 0 aromatic heterocycles. The molecular weight excluding hydrogens is 404 g/mol. The van der Waals surface area contributed by atoms with Gasteiger partial charge in [-0.1, -0.05) is 24.3 Å². The molecule has 0 saturated heterocycles. The molecule has 0 aliphatic carbocycles.